The molecule has 116 valence electrons. The highest BCUT2D eigenvalue weighted by atomic mass is 16.5. The van der Waals surface area contributed by atoms with E-state index < -0.39 is 0 Å². The van der Waals surface area contributed by atoms with E-state index in [0.29, 0.717) is 24.5 Å². The van der Waals surface area contributed by atoms with Gasteiger partial charge in [-0.2, -0.15) is 5.10 Å². The Balaban J connectivity index is 1.67. The fraction of sp³-hybridized carbons (Fsp3) is 0.467. The Bertz CT molecular complexity index is 652. The van der Waals surface area contributed by atoms with Gasteiger partial charge in [0.2, 0.25) is 0 Å². The second-order valence-electron chi connectivity index (χ2n) is 5.49. The predicted octanol–water partition coefficient (Wildman–Crippen LogP) is 1.43. The lowest BCUT2D eigenvalue weighted by Gasteiger charge is -2.21. The number of carbonyl (C=O) groups excluding carboxylic acids is 1. The summed E-state index contributed by atoms with van der Waals surface area (Å²) in [4.78, 5) is 16.4. The van der Waals surface area contributed by atoms with Gasteiger partial charge in [-0.05, 0) is 32.4 Å². The van der Waals surface area contributed by atoms with Crippen LogP contribution in [0.2, 0.25) is 0 Å². The first-order chi connectivity index (χ1) is 10.6. The molecule has 1 saturated heterocycles. The third kappa shape index (κ3) is 3.08. The standard InChI is InChI=1S/C15H19N5O2/c1-11-4-5-14(17-16-11)19-6-3-7-20(9-8-19)15(21)13-10-12(2)22-18-13/h4-5,10H,3,6-9H2,1-2H3. The molecule has 0 atom stereocenters. The molecule has 7 nitrogen and oxygen atoms in total. The average Bonchev–Trinajstić information content (AvgIpc) is 2.81. The Labute approximate surface area is 128 Å². The zero-order chi connectivity index (χ0) is 15.5. The van der Waals surface area contributed by atoms with Crippen LogP contribution in [0.4, 0.5) is 5.82 Å². The lowest BCUT2D eigenvalue weighted by molar-refractivity contribution is 0.0756. The van der Waals surface area contributed by atoms with Crippen LogP contribution in [0.25, 0.3) is 0 Å². The molecule has 0 aliphatic carbocycles. The van der Waals surface area contributed by atoms with Crippen molar-refractivity contribution in [1.82, 2.24) is 20.3 Å². The van der Waals surface area contributed by atoms with Gasteiger partial charge in [-0.25, -0.2) is 0 Å². The molecule has 3 rings (SSSR count). The van der Waals surface area contributed by atoms with Gasteiger partial charge in [0.25, 0.3) is 5.91 Å². The van der Waals surface area contributed by atoms with E-state index in [1.165, 1.54) is 0 Å². The van der Waals surface area contributed by atoms with Gasteiger partial charge in [-0.3, -0.25) is 4.79 Å². The average molecular weight is 301 g/mol. The molecule has 2 aromatic rings. The number of aromatic nitrogens is 3. The molecule has 1 aliphatic rings. The number of nitrogens with zero attached hydrogens (tertiary/aromatic N) is 5. The van der Waals surface area contributed by atoms with Gasteiger partial charge in [-0.15, -0.1) is 5.10 Å². The maximum absolute atomic E-state index is 12.4. The smallest absolute Gasteiger partial charge is 0.276 e. The Kier molecular flexibility index (Phi) is 4.04. The normalized spacial score (nSPS) is 15.7. The third-order valence-corrected chi connectivity index (χ3v) is 3.74. The number of amides is 1. The fourth-order valence-electron chi connectivity index (χ4n) is 2.54. The molecular weight excluding hydrogens is 282 g/mol. The molecular formula is C15H19N5O2. The maximum Gasteiger partial charge on any atom is 0.276 e. The van der Waals surface area contributed by atoms with Crippen molar-refractivity contribution in [2.45, 2.75) is 20.3 Å². The number of aryl methyl sites for hydroxylation is 2. The van der Waals surface area contributed by atoms with E-state index in [9.17, 15) is 4.79 Å². The van der Waals surface area contributed by atoms with Crippen molar-refractivity contribution in [2.75, 3.05) is 31.1 Å². The van der Waals surface area contributed by atoms with E-state index in [1.807, 2.05) is 24.0 Å². The molecule has 1 aliphatic heterocycles. The largest absolute Gasteiger partial charge is 0.361 e. The van der Waals surface area contributed by atoms with E-state index in [0.717, 1.165) is 31.0 Å². The highest BCUT2D eigenvalue weighted by Gasteiger charge is 2.23. The first-order valence-electron chi connectivity index (χ1n) is 7.41. The molecule has 22 heavy (non-hydrogen) atoms. The minimum Gasteiger partial charge on any atom is -0.361 e. The minimum absolute atomic E-state index is 0.0753. The van der Waals surface area contributed by atoms with Gasteiger partial charge in [0.15, 0.2) is 11.5 Å². The third-order valence-electron chi connectivity index (χ3n) is 3.74. The topological polar surface area (TPSA) is 75.4 Å². The van der Waals surface area contributed by atoms with Crippen LogP contribution in [0.15, 0.2) is 22.7 Å². The highest BCUT2D eigenvalue weighted by Crippen LogP contribution is 2.14. The Morgan fingerprint density at radius 2 is 2.00 bits per heavy atom. The van der Waals surface area contributed by atoms with E-state index in [1.54, 1.807) is 13.0 Å². The second-order valence-corrected chi connectivity index (χ2v) is 5.49. The first kappa shape index (κ1) is 14.5. The van der Waals surface area contributed by atoms with Crippen LogP contribution in [0.5, 0.6) is 0 Å². The van der Waals surface area contributed by atoms with Gasteiger partial charge in [0.1, 0.15) is 5.76 Å². The summed E-state index contributed by atoms with van der Waals surface area (Å²) in [5.41, 5.74) is 1.28. The monoisotopic (exact) mass is 301 g/mol. The molecule has 1 fully saturated rings. The summed E-state index contributed by atoms with van der Waals surface area (Å²) >= 11 is 0. The fourth-order valence-corrected chi connectivity index (χ4v) is 2.54. The minimum atomic E-state index is -0.0753. The number of hydrogen-bond donors (Lipinski definition) is 0. The Morgan fingerprint density at radius 3 is 2.68 bits per heavy atom. The van der Waals surface area contributed by atoms with Crippen LogP contribution in [-0.4, -0.2) is 52.3 Å². The van der Waals surface area contributed by atoms with Crippen molar-refractivity contribution in [3.63, 3.8) is 0 Å². The summed E-state index contributed by atoms with van der Waals surface area (Å²) in [5, 5.41) is 12.1. The molecule has 0 N–H and O–H groups in total. The molecule has 7 heteroatoms. The van der Waals surface area contributed by atoms with Crippen molar-refractivity contribution >= 4 is 11.7 Å². The summed E-state index contributed by atoms with van der Waals surface area (Å²) in [6.07, 6.45) is 0.887. The first-order valence-corrected chi connectivity index (χ1v) is 7.41. The number of carbonyl (C=O) groups is 1. The molecule has 1 amide bonds. The molecule has 0 bridgehead atoms. The van der Waals surface area contributed by atoms with Gasteiger partial charge in [-0.1, -0.05) is 5.16 Å². The summed E-state index contributed by atoms with van der Waals surface area (Å²) in [5.74, 6) is 1.43. The Hall–Kier alpha value is -2.44. The zero-order valence-electron chi connectivity index (χ0n) is 12.8. The van der Waals surface area contributed by atoms with Crippen LogP contribution >= 0.6 is 0 Å². The van der Waals surface area contributed by atoms with Gasteiger partial charge < -0.3 is 14.3 Å². The Morgan fingerprint density at radius 1 is 1.14 bits per heavy atom. The quantitative estimate of drug-likeness (QED) is 0.835. The van der Waals surface area contributed by atoms with Crippen molar-refractivity contribution in [3.8, 4) is 0 Å². The van der Waals surface area contributed by atoms with Crippen LogP contribution < -0.4 is 4.90 Å². The van der Waals surface area contributed by atoms with Crippen molar-refractivity contribution in [2.24, 2.45) is 0 Å². The van der Waals surface area contributed by atoms with E-state index >= 15 is 0 Å². The number of rotatable bonds is 2. The second kappa shape index (κ2) is 6.13. The number of hydrogen-bond acceptors (Lipinski definition) is 6. The lowest BCUT2D eigenvalue weighted by Crippen LogP contribution is -2.35. The predicted molar refractivity (Wildman–Crippen MR) is 80.7 cm³/mol. The highest BCUT2D eigenvalue weighted by molar-refractivity contribution is 5.92. The molecule has 0 saturated carbocycles. The SMILES string of the molecule is Cc1ccc(N2CCCN(C(=O)c3cc(C)on3)CC2)nn1. The van der Waals surface area contributed by atoms with Crippen molar-refractivity contribution in [1.29, 1.82) is 0 Å². The molecule has 0 unspecified atom stereocenters. The van der Waals surface area contributed by atoms with Crippen molar-refractivity contribution < 1.29 is 9.32 Å². The lowest BCUT2D eigenvalue weighted by atomic mass is 10.3. The summed E-state index contributed by atoms with van der Waals surface area (Å²) in [6, 6.07) is 5.60. The van der Waals surface area contributed by atoms with E-state index in [-0.39, 0.29) is 5.91 Å². The molecule has 0 aromatic carbocycles. The van der Waals surface area contributed by atoms with Crippen LogP contribution in [0.1, 0.15) is 28.4 Å². The van der Waals surface area contributed by atoms with Crippen LogP contribution in [-0.2, 0) is 0 Å². The summed E-state index contributed by atoms with van der Waals surface area (Å²) in [7, 11) is 0. The van der Waals surface area contributed by atoms with E-state index in [2.05, 4.69) is 20.3 Å². The molecule has 2 aromatic heterocycles. The van der Waals surface area contributed by atoms with Crippen LogP contribution in [0, 0.1) is 13.8 Å². The maximum atomic E-state index is 12.4. The molecule has 3 heterocycles. The summed E-state index contributed by atoms with van der Waals surface area (Å²) < 4.78 is 4.98. The molecule has 0 spiro atoms. The van der Waals surface area contributed by atoms with Crippen LogP contribution in [0.3, 0.4) is 0 Å². The van der Waals surface area contributed by atoms with E-state index in [4.69, 9.17) is 4.52 Å². The number of anilines is 1. The van der Waals surface area contributed by atoms with Gasteiger partial charge in [0, 0.05) is 32.2 Å². The summed E-state index contributed by atoms with van der Waals surface area (Å²) in [6.45, 7) is 6.64. The van der Waals surface area contributed by atoms with Crippen molar-refractivity contribution in [3.05, 3.63) is 35.3 Å². The van der Waals surface area contributed by atoms with Gasteiger partial charge >= 0.3 is 0 Å². The molecule has 0 radical (unpaired) electrons. The zero-order valence-corrected chi connectivity index (χ0v) is 12.8. The van der Waals surface area contributed by atoms with Gasteiger partial charge in [0.05, 0.1) is 5.69 Å².